The molecule has 0 saturated carbocycles. The number of ether oxygens (including phenoxy) is 3. The highest BCUT2D eigenvalue weighted by Gasteiger charge is 2.05. The molecule has 0 bridgehead atoms. The fourth-order valence-corrected chi connectivity index (χ4v) is 1.16. The Hall–Kier alpha value is -2.72. The number of para-hydroxylation sites is 1. The summed E-state index contributed by atoms with van der Waals surface area (Å²) in [6.07, 6.45) is -0.991. The maximum absolute atomic E-state index is 9.60. The van der Waals surface area contributed by atoms with E-state index in [-0.39, 0.29) is 24.4 Å². The summed E-state index contributed by atoms with van der Waals surface area (Å²) in [6.45, 7) is 10.3. The van der Waals surface area contributed by atoms with Gasteiger partial charge in [0.25, 0.3) is 0 Å². The van der Waals surface area contributed by atoms with Crippen LogP contribution in [0.3, 0.4) is 0 Å². The second-order valence-electron chi connectivity index (χ2n) is 5.47. The van der Waals surface area contributed by atoms with E-state index in [1.54, 1.807) is 12.1 Å². The number of hydrogen-bond acceptors (Lipinski definition) is 7. The van der Waals surface area contributed by atoms with E-state index in [1.807, 2.05) is 18.2 Å². The third-order valence-electron chi connectivity index (χ3n) is 2.61. The zero-order valence-electron chi connectivity index (χ0n) is 16.7. The first-order valence-corrected chi connectivity index (χ1v) is 8.55. The van der Waals surface area contributed by atoms with Crippen LogP contribution in [0.5, 0.6) is 5.75 Å². The predicted molar refractivity (Wildman–Crippen MR) is 107 cm³/mol. The molecule has 9 nitrogen and oxygen atoms in total. The molecule has 0 aliphatic rings. The van der Waals surface area contributed by atoms with Gasteiger partial charge in [-0.2, -0.15) is 0 Å². The largest absolute Gasteiger partial charge is 0.478 e. The van der Waals surface area contributed by atoms with Gasteiger partial charge in [-0.25, -0.2) is 9.59 Å². The lowest BCUT2D eigenvalue weighted by Gasteiger charge is -2.13. The van der Waals surface area contributed by atoms with Crippen molar-refractivity contribution in [2.24, 2.45) is 0 Å². The van der Waals surface area contributed by atoms with Crippen LogP contribution in [0.15, 0.2) is 54.6 Å². The van der Waals surface area contributed by atoms with Gasteiger partial charge in [0, 0.05) is 11.1 Å². The minimum atomic E-state index is -0.991. The lowest BCUT2D eigenvalue weighted by molar-refractivity contribution is -0.133. The number of aliphatic hydroxyl groups is 2. The Morgan fingerprint density at radius 3 is 1.79 bits per heavy atom. The third-order valence-corrected chi connectivity index (χ3v) is 2.61. The van der Waals surface area contributed by atoms with Crippen LogP contribution in [0.1, 0.15) is 13.8 Å². The first-order chi connectivity index (χ1) is 13.6. The Kier molecular flexibility index (Phi) is 18.3. The second kappa shape index (κ2) is 18.6. The Morgan fingerprint density at radius 2 is 1.38 bits per heavy atom. The normalized spacial score (nSPS) is 10.3. The molecule has 0 saturated heterocycles. The molecular weight excluding hydrogens is 384 g/mol. The molecular formula is C20H30O9. The van der Waals surface area contributed by atoms with Crippen LogP contribution >= 0.6 is 0 Å². The monoisotopic (exact) mass is 414 g/mol. The standard InChI is InChI=1S/C12H18O5.2C4H6O2/c13-6-7-15-8-9-16-10-12(14)17-11-4-2-1-3-5-11;2*1-3(2)4(5)6/h1-5,12-14H,6-10H2;2*1H2,2H3,(H,5,6). The first-order valence-electron chi connectivity index (χ1n) is 8.55. The predicted octanol–water partition coefficient (Wildman–Crippen LogP) is 1.70. The summed E-state index contributed by atoms with van der Waals surface area (Å²) in [5.41, 5.74) is 0.352. The van der Waals surface area contributed by atoms with Crippen LogP contribution in [-0.4, -0.2) is 71.7 Å². The quantitative estimate of drug-likeness (QED) is 0.242. The number of carboxylic acid groups (broad SMARTS) is 2. The first kappa shape index (κ1) is 28.5. The van der Waals surface area contributed by atoms with Crippen LogP contribution in [0.25, 0.3) is 0 Å². The van der Waals surface area contributed by atoms with Crippen molar-refractivity contribution >= 4 is 11.9 Å². The van der Waals surface area contributed by atoms with E-state index in [0.29, 0.717) is 25.6 Å². The highest BCUT2D eigenvalue weighted by atomic mass is 16.6. The molecule has 0 aliphatic carbocycles. The number of carboxylic acids is 2. The van der Waals surface area contributed by atoms with Gasteiger partial charge in [-0.15, -0.1) is 0 Å². The molecule has 1 rings (SSSR count). The van der Waals surface area contributed by atoms with E-state index < -0.39 is 18.2 Å². The zero-order valence-corrected chi connectivity index (χ0v) is 16.7. The highest BCUT2D eigenvalue weighted by molar-refractivity contribution is 5.85. The topological polar surface area (TPSA) is 143 Å². The fraction of sp³-hybridized carbons (Fsp3) is 0.400. The van der Waals surface area contributed by atoms with Crippen molar-refractivity contribution in [3.63, 3.8) is 0 Å². The van der Waals surface area contributed by atoms with Crippen LogP contribution < -0.4 is 4.74 Å². The second-order valence-corrected chi connectivity index (χ2v) is 5.47. The Labute approximate surface area is 170 Å². The van der Waals surface area contributed by atoms with Crippen LogP contribution in [0.4, 0.5) is 0 Å². The number of hydrogen-bond donors (Lipinski definition) is 4. The molecule has 4 N–H and O–H groups in total. The minimum Gasteiger partial charge on any atom is -0.478 e. The Balaban J connectivity index is 0. The third kappa shape index (κ3) is 21.4. The zero-order chi connectivity index (χ0) is 22.7. The Bertz CT molecular complexity index is 551. The van der Waals surface area contributed by atoms with Gasteiger partial charge in [0.2, 0.25) is 6.29 Å². The van der Waals surface area contributed by atoms with Gasteiger partial charge in [-0.1, -0.05) is 31.4 Å². The SMILES string of the molecule is C=C(C)C(=O)O.C=C(C)C(=O)O.OCCOCCOCC(O)Oc1ccccc1. The fourth-order valence-electron chi connectivity index (χ4n) is 1.16. The van der Waals surface area contributed by atoms with E-state index in [9.17, 15) is 14.7 Å². The van der Waals surface area contributed by atoms with Crippen molar-refractivity contribution in [3.8, 4) is 5.75 Å². The van der Waals surface area contributed by atoms with Crippen molar-refractivity contribution in [2.45, 2.75) is 20.1 Å². The summed E-state index contributed by atoms with van der Waals surface area (Å²) in [5, 5.41) is 33.7. The summed E-state index contributed by atoms with van der Waals surface area (Å²) in [4.78, 5) is 19.2. The summed E-state index contributed by atoms with van der Waals surface area (Å²) >= 11 is 0. The van der Waals surface area contributed by atoms with Gasteiger partial charge in [0.1, 0.15) is 12.4 Å². The van der Waals surface area contributed by atoms with E-state index in [1.165, 1.54) is 13.8 Å². The lowest BCUT2D eigenvalue weighted by Crippen LogP contribution is -2.23. The summed E-state index contributed by atoms with van der Waals surface area (Å²) in [6, 6.07) is 9.03. The maximum Gasteiger partial charge on any atom is 0.330 e. The van der Waals surface area contributed by atoms with E-state index in [0.717, 1.165) is 0 Å². The number of rotatable bonds is 11. The lowest BCUT2D eigenvalue weighted by atomic mass is 10.3. The average molecular weight is 414 g/mol. The molecule has 0 aliphatic heterocycles. The van der Waals surface area contributed by atoms with E-state index in [2.05, 4.69) is 13.2 Å². The molecule has 0 heterocycles. The van der Waals surface area contributed by atoms with Crippen LogP contribution in [-0.2, 0) is 19.1 Å². The van der Waals surface area contributed by atoms with E-state index >= 15 is 0 Å². The molecule has 29 heavy (non-hydrogen) atoms. The van der Waals surface area contributed by atoms with Crippen molar-refractivity contribution in [3.05, 3.63) is 54.6 Å². The molecule has 0 radical (unpaired) electrons. The van der Waals surface area contributed by atoms with Crippen molar-refractivity contribution in [1.82, 2.24) is 0 Å². The average Bonchev–Trinajstić information content (AvgIpc) is 2.66. The highest BCUT2D eigenvalue weighted by Crippen LogP contribution is 2.09. The number of carbonyl (C=O) groups is 2. The Morgan fingerprint density at radius 1 is 0.931 bits per heavy atom. The molecule has 0 aromatic heterocycles. The number of aliphatic carboxylic acids is 2. The van der Waals surface area contributed by atoms with Gasteiger partial charge in [-0.05, 0) is 26.0 Å². The van der Waals surface area contributed by atoms with Crippen molar-refractivity contribution in [1.29, 1.82) is 0 Å². The summed E-state index contributed by atoms with van der Waals surface area (Å²) in [7, 11) is 0. The van der Waals surface area contributed by atoms with E-state index in [4.69, 9.17) is 29.5 Å². The molecule has 1 aromatic rings. The molecule has 164 valence electrons. The summed E-state index contributed by atoms with van der Waals surface area (Å²) in [5.74, 6) is -1.27. The van der Waals surface area contributed by atoms with Gasteiger partial charge in [-0.3, -0.25) is 0 Å². The van der Waals surface area contributed by atoms with Gasteiger partial charge in [0.05, 0.1) is 26.4 Å². The minimum absolute atomic E-state index is 0.000255. The smallest absolute Gasteiger partial charge is 0.330 e. The molecule has 0 spiro atoms. The molecule has 0 amide bonds. The molecule has 1 aromatic carbocycles. The van der Waals surface area contributed by atoms with Gasteiger partial charge in [0.15, 0.2) is 0 Å². The van der Waals surface area contributed by atoms with Gasteiger partial charge < -0.3 is 34.6 Å². The number of aliphatic hydroxyl groups excluding tert-OH is 2. The van der Waals surface area contributed by atoms with Gasteiger partial charge >= 0.3 is 11.9 Å². The molecule has 1 atom stereocenters. The molecule has 1 unspecified atom stereocenters. The number of benzene rings is 1. The van der Waals surface area contributed by atoms with Crippen LogP contribution in [0, 0.1) is 0 Å². The van der Waals surface area contributed by atoms with Crippen LogP contribution in [0.2, 0.25) is 0 Å². The van der Waals surface area contributed by atoms with Crippen molar-refractivity contribution < 1.29 is 44.2 Å². The molecule has 0 fully saturated rings. The maximum atomic E-state index is 9.60. The van der Waals surface area contributed by atoms with Crippen molar-refractivity contribution in [2.75, 3.05) is 33.0 Å². The summed E-state index contributed by atoms with van der Waals surface area (Å²) < 4.78 is 15.3. The molecule has 9 heteroatoms.